The summed E-state index contributed by atoms with van der Waals surface area (Å²) in [5.41, 5.74) is 1.41. The number of carbonyl (C=O) groups is 1. The van der Waals surface area contributed by atoms with Gasteiger partial charge in [-0.15, -0.1) is 0 Å². The van der Waals surface area contributed by atoms with Gasteiger partial charge in [-0.2, -0.15) is 0 Å². The van der Waals surface area contributed by atoms with E-state index in [9.17, 15) is 9.18 Å². The number of ether oxygens (including phenoxy) is 1. The minimum absolute atomic E-state index is 0.0591. The van der Waals surface area contributed by atoms with Gasteiger partial charge in [0.05, 0.1) is 10.0 Å². The van der Waals surface area contributed by atoms with Crippen LogP contribution in [0.25, 0.3) is 0 Å². The van der Waals surface area contributed by atoms with Crippen molar-refractivity contribution in [2.45, 2.75) is 13.5 Å². The summed E-state index contributed by atoms with van der Waals surface area (Å²) in [6.45, 7) is 2.01. The molecule has 0 saturated carbocycles. The number of carboxylic acids is 1. The van der Waals surface area contributed by atoms with Crippen LogP contribution in [-0.4, -0.2) is 11.1 Å². The van der Waals surface area contributed by atoms with E-state index in [2.05, 4.69) is 15.9 Å². The second kappa shape index (κ2) is 6.05. The van der Waals surface area contributed by atoms with Crippen LogP contribution in [0, 0.1) is 12.7 Å². The molecule has 5 heteroatoms. The number of aromatic carboxylic acids is 1. The van der Waals surface area contributed by atoms with Gasteiger partial charge in [0.15, 0.2) is 0 Å². The summed E-state index contributed by atoms with van der Waals surface area (Å²) in [5, 5.41) is 9.05. The maximum absolute atomic E-state index is 13.1. The number of halogens is 2. The molecule has 0 unspecified atom stereocenters. The van der Waals surface area contributed by atoms with Crippen LogP contribution in [0.5, 0.6) is 5.75 Å². The lowest BCUT2D eigenvalue weighted by Crippen LogP contribution is -2.06. The van der Waals surface area contributed by atoms with Gasteiger partial charge in [-0.1, -0.05) is 12.1 Å². The predicted molar refractivity (Wildman–Crippen MR) is 76.6 cm³/mol. The Morgan fingerprint density at radius 3 is 2.70 bits per heavy atom. The lowest BCUT2D eigenvalue weighted by atomic mass is 10.1. The summed E-state index contributed by atoms with van der Waals surface area (Å²) in [7, 11) is 0. The maximum Gasteiger partial charge on any atom is 0.336 e. The van der Waals surface area contributed by atoms with Crippen LogP contribution in [0.15, 0.2) is 40.9 Å². The van der Waals surface area contributed by atoms with Crippen molar-refractivity contribution in [1.29, 1.82) is 0 Å². The van der Waals surface area contributed by atoms with E-state index in [1.165, 1.54) is 12.1 Å². The summed E-state index contributed by atoms with van der Waals surface area (Å²) in [5.74, 6) is -1.15. The Balaban J connectivity index is 2.20. The second-order valence-corrected chi connectivity index (χ2v) is 5.18. The van der Waals surface area contributed by atoms with Gasteiger partial charge in [0.25, 0.3) is 0 Å². The zero-order valence-corrected chi connectivity index (χ0v) is 12.3. The highest BCUT2D eigenvalue weighted by molar-refractivity contribution is 9.10. The highest BCUT2D eigenvalue weighted by Crippen LogP contribution is 2.27. The molecular formula is C15H12BrFO3. The first kappa shape index (κ1) is 14.5. The number of rotatable bonds is 4. The molecule has 2 aromatic carbocycles. The van der Waals surface area contributed by atoms with Crippen molar-refractivity contribution in [3.63, 3.8) is 0 Å². The molecule has 104 valence electrons. The third kappa shape index (κ3) is 3.36. The average Bonchev–Trinajstić information content (AvgIpc) is 2.38. The molecule has 0 amide bonds. The highest BCUT2D eigenvalue weighted by atomic mass is 79.9. The molecular weight excluding hydrogens is 327 g/mol. The molecule has 0 aliphatic heterocycles. The van der Waals surface area contributed by atoms with Crippen molar-refractivity contribution >= 4 is 21.9 Å². The lowest BCUT2D eigenvalue weighted by molar-refractivity contribution is 0.0693. The van der Waals surface area contributed by atoms with Gasteiger partial charge >= 0.3 is 5.97 Å². The smallest absolute Gasteiger partial charge is 0.336 e. The van der Waals surface area contributed by atoms with Crippen molar-refractivity contribution in [3.8, 4) is 5.75 Å². The van der Waals surface area contributed by atoms with E-state index in [0.29, 0.717) is 11.3 Å². The first-order chi connectivity index (χ1) is 9.47. The fraction of sp³-hybridized carbons (Fsp3) is 0.133. The zero-order chi connectivity index (χ0) is 14.7. The second-order valence-electron chi connectivity index (χ2n) is 4.33. The van der Waals surface area contributed by atoms with E-state index in [4.69, 9.17) is 9.84 Å². The minimum atomic E-state index is -1.17. The summed E-state index contributed by atoms with van der Waals surface area (Å²) in [4.78, 5) is 11.1. The molecule has 3 nitrogen and oxygen atoms in total. The quantitative estimate of drug-likeness (QED) is 0.909. The van der Waals surface area contributed by atoms with Gasteiger partial charge in [-0.05, 0) is 52.7 Å². The Bertz CT molecular complexity index is 656. The summed E-state index contributed by atoms with van der Waals surface area (Å²) < 4.78 is 19.4. The van der Waals surface area contributed by atoms with Crippen molar-refractivity contribution in [1.82, 2.24) is 0 Å². The molecule has 2 aromatic rings. The number of aryl methyl sites for hydroxylation is 1. The Morgan fingerprint density at radius 2 is 2.05 bits per heavy atom. The van der Waals surface area contributed by atoms with E-state index in [0.717, 1.165) is 16.1 Å². The first-order valence-corrected chi connectivity index (χ1v) is 6.67. The standard InChI is InChI=1S/C15H12BrFO3/c1-9-2-5-14(13(16)6-9)20-8-10-3-4-11(17)7-12(10)15(18)19/h2-7H,8H2,1H3,(H,18,19). The predicted octanol–water partition coefficient (Wildman–Crippen LogP) is 4.17. The van der Waals surface area contributed by atoms with E-state index in [1.54, 1.807) is 6.07 Å². The van der Waals surface area contributed by atoms with Gasteiger partial charge in [-0.3, -0.25) is 0 Å². The molecule has 2 rings (SSSR count). The Labute approximate surface area is 124 Å². The molecule has 20 heavy (non-hydrogen) atoms. The first-order valence-electron chi connectivity index (χ1n) is 5.88. The van der Waals surface area contributed by atoms with Crippen LogP contribution in [0.3, 0.4) is 0 Å². The number of benzene rings is 2. The third-order valence-corrected chi connectivity index (χ3v) is 3.39. The fourth-order valence-electron chi connectivity index (χ4n) is 1.75. The molecule has 0 atom stereocenters. The van der Waals surface area contributed by atoms with Gasteiger partial charge in [0, 0.05) is 5.56 Å². The lowest BCUT2D eigenvalue weighted by Gasteiger charge is -2.10. The summed E-state index contributed by atoms with van der Waals surface area (Å²) in [6, 6.07) is 9.21. The van der Waals surface area contributed by atoms with Gasteiger partial charge in [0.1, 0.15) is 18.2 Å². The summed E-state index contributed by atoms with van der Waals surface area (Å²) in [6.07, 6.45) is 0. The normalized spacial score (nSPS) is 10.3. The van der Waals surface area contributed by atoms with E-state index >= 15 is 0 Å². The van der Waals surface area contributed by atoms with E-state index in [-0.39, 0.29) is 12.2 Å². The van der Waals surface area contributed by atoms with E-state index in [1.807, 2.05) is 19.1 Å². The fourth-order valence-corrected chi connectivity index (χ4v) is 2.36. The van der Waals surface area contributed by atoms with Crippen LogP contribution in [0.2, 0.25) is 0 Å². The van der Waals surface area contributed by atoms with Crippen LogP contribution < -0.4 is 4.74 Å². The highest BCUT2D eigenvalue weighted by Gasteiger charge is 2.12. The van der Waals surface area contributed by atoms with Gasteiger partial charge in [-0.25, -0.2) is 9.18 Å². The number of carboxylic acid groups (broad SMARTS) is 1. The minimum Gasteiger partial charge on any atom is -0.488 e. The van der Waals surface area contributed by atoms with Crippen molar-refractivity contribution in [2.24, 2.45) is 0 Å². The van der Waals surface area contributed by atoms with Crippen LogP contribution >= 0.6 is 15.9 Å². The molecule has 0 bridgehead atoms. The number of hydrogen-bond acceptors (Lipinski definition) is 2. The van der Waals surface area contributed by atoms with Gasteiger partial charge < -0.3 is 9.84 Å². The van der Waals surface area contributed by atoms with Gasteiger partial charge in [0.2, 0.25) is 0 Å². The largest absolute Gasteiger partial charge is 0.488 e. The molecule has 0 fully saturated rings. The molecule has 0 saturated heterocycles. The average molecular weight is 339 g/mol. The van der Waals surface area contributed by atoms with Crippen LogP contribution in [-0.2, 0) is 6.61 Å². The Hall–Kier alpha value is -1.88. The zero-order valence-electron chi connectivity index (χ0n) is 10.7. The maximum atomic E-state index is 13.1. The molecule has 0 radical (unpaired) electrons. The molecule has 0 spiro atoms. The Kier molecular flexibility index (Phi) is 4.39. The van der Waals surface area contributed by atoms with Crippen LogP contribution in [0.1, 0.15) is 21.5 Å². The third-order valence-electron chi connectivity index (χ3n) is 2.77. The monoisotopic (exact) mass is 338 g/mol. The van der Waals surface area contributed by atoms with Crippen LogP contribution in [0.4, 0.5) is 4.39 Å². The molecule has 1 N–H and O–H groups in total. The van der Waals surface area contributed by atoms with Crippen molar-refractivity contribution in [3.05, 3.63) is 63.4 Å². The number of hydrogen-bond donors (Lipinski definition) is 1. The molecule has 0 heterocycles. The molecule has 0 aliphatic rings. The molecule has 0 aromatic heterocycles. The topological polar surface area (TPSA) is 46.5 Å². The van der Waals surface area contributed by atoms with Crippen molar-refractivity contribution < 1.29 is 19.0 Å². The van der Waals surface area contributed by atoms with Crippen molar-refractivity contribution in [2.75, 3.05) is 0 Å². The molecule has 0 aliphatic carbocycles. The Morgan fingerprint density at radius 1 is 1.30 bits per heavy atom. The SMILES string of the molecule is Cc1ccc(OCc2ccc(F)cc2C(=O)O)c(Br)c1. The van der Waals surface area contributed by atoms with E-state index < -0.39 is 11.8 Å². The summed E-state index contributed by atoms with van der Waals surface area (Å²) >= 11 is 3.38.